The lowest BCUT2D eigenvalue weighted by Gasteiger charge is -2.14. The van der Waals surface area contributed by atoms with Crippen LogP contribution in [0.15, 0.2) is 39.9 Å². The average molecular weight is 558 g/mol. The molecule has 32 heavy (non-hydrogen) atoms. The van der Waals surface area contributed by atoms with Crippen molar-refractivity contribution in [1.29, 1.82) is 0 Å². The number of benzene rings is 1. The SMILES string of the molecule is CCOc1ccc(CCNC(=NC)NCCCNC(=O)c2occc2C)cc1OCC.I. The first kappa shape index (κ1) is 27.6. The van der Waals surface area contributed by atoms with E-state index < -0.39 is 0 Å². The van der Waals surface area contributed by atoms with Gasteiger partial charge in [0.2, 0.25) is 0 Å². The van der Waals surface area contributed by atoms with E-state index in [2.05, 4.69) is 27.0 Å². The molecule has 178 valence electrons. The van der Waals surface area contributed by atoms with Gasteiger partial charge in [-0.05, 0) is 57.4 Å². The van der Waals surface area contributed by atoms with E-state index in [1.807, 2.05) is 32.9 Å². The number of amides is 1. The molecule has 1 heterocycles. The number of aryl methyl sites for hydroxylation is 1. The molecule has 8 nitrogen and oxygen atoms in total. The third-order valence-electron chi connectivity index (χ3n) is 4.54. The average Bonchev–Trinajstić information content (AvgIpc) is 3.20. The maximum Gasteiger partial charge on any atom is 0.287 e. The molecule has 0 unspecified atom stereocenters. The summed E-state index contributed by atoms with van der Waals surface area (Å²) in [5.41, 5.74) is 1.99. The number of furan rings is 1. The summed E-state index contributed by atoms with van der Waals surface area (Å²) in [5, 5.41) is 9.41. The monoisotopic (exact) mass is 558 g/mol. The van der Waals surface area contributed by atoms with Gasteiger partial charge in [-0.2, -0.15) is 0 Å². The second kappa shape index (κ2) is 15.4. The van der Waals surface area contributed by atoms with Crippen LogP contribution < -0.4 is 25.4 Å². The molecule has 2 rings (SSSR count). The van der Waals surface area contributed by atoms with E-state index in [9.17, 15) is 4.79 Å². The van der Waals surface area contributed by atoms with Crippen LogP contribution in [0.4, 0.5) is 0 Å². The largest absolute Gasteiger partial charge is 0.490 e. The quantitative estimate of drug-likeness (QED) is 0.160. The highest BCUT2D eigenvalue weighted by Gasteiger charge is 2.11. The summed E-state index contributed by atoms with van der Waals surface area (Å²) < 4.78 is 16.5. The van der Waals surface area contributed by atoms with Gasteiger partial charge in [0.05, 0.1) is 19.5 Å². The van der Waals surface area contributed by atoms with Crippen LogP contribution in [-0.4, -0.2) is 51.8 Å². The third-order valence-corrected chi connectivity index (χ3v) is 4.54. The van der Waals surface area contributed by atoms with Crippen LogP contribution in [0.1, 0.15) is 41.9 Å². The highest BCUT2D eigenvalue weighted by Crippen LogP contribution is 2.28. The number of halogens is 1. The van der Waals surface area contributed by atoms with E-state index in [1.54, 1.807) is 13.1 Å². The predicted molar refractivity (Wildman–Crippen MR) is 138 cm³/mol. The lowest BCUT2D eigenvalue weighted by Crippen LogP contribution is -2.39. The zero-order valence-corrected chi connectivity index (χ0v) is 21.7. The molecule has 0 aliphatic rings. The molecule has 2 aromatic rings. The van der Waals surface area contributed by atoms with Crippen LogP contribution in [0, 0.1) is 6.92 Å². The molecule has 0 saturated carbocycles. The van der Waals surface area contributed by atoms with Crippen molar-refractivity contribution in [2.45, 2.75) is 33.6 Å². The van der Waals surface area contributed by atoms with Gasteiger partial charge in [0.25, 0.3) is 5.91 Å². The summed E-state index contributed by atoms with van der Waals surface area (Å²) in [6.45, 7) is 8.94. The number of nitrogens with zero attached hydrogens (tertiary/aromatic N) is 1. The molecular formula is C23H35IN4O4. The molecule has 1 amide bonds. The van der Waals surface area contributed by atoms with Gasteiger partial charge in [-0.1, -0.05) is 6.07 Å². The van der Waals surface area contributed by atoms with Crippen LogP contribution in [0.3, 0.4) is 0 Å². The van der Waals surface area contributed by atoms with Crippen molar-refractivity contribution in [1.82, 2.24) is 16.0 Å². The second-order valence-corrected chi connectivity index (χ2v) is 6.87. The maximum absolute atomic E-state index is 12.0. The number of guanidine groups is 1. The number of nitrogens with one attached hydrogen (secondary N) is 3. The van der Waals surface area contributed by atoms with Crippen molar-refractivity contribution < 1.29 is 18.7 Å². The maximum atomic E-state index is 12.0. The summed E-state index contributed by atoms with van der Waals surface area (Å²) in [6.07, 6.45) is 3.11. The van der Waals surface area contributed by atoms with E-state index in [1.165, 1.54) is 6.26 Å². The molecule has 1 aromatic carbocycles. The molecule has 3 N–H and O–H groups in total. The molecule has 0 spiro atoms. The highest BCUT2D eigenvalue weighted by atomic mass is 127. The zero-order chi connectivity index (χ0) is 22.5. The fraction of sp³-hybridized carbons (Fsp3) is 0.478. The van der Waals surface area contributed by atoms with Gasteiger partial charge in [0.15, 0.2) is 23.2 Å². The van der Waals surface area contributed by atoms with Gasteiger partial charge in [0.1, 0.15) is 0 Å². The number of hydrogen-bond acceptors (Lipinski definition) is 5. The molecule has 0 radical (unpaired) electrons. The van der Waals surface area contributed by atoms with Crippen LogP contribution in [0.25, 0.3) is 0 Å². The van der Waals surface area contributed by atoms with Crippen LogP contribution >= 0.6 is 24.0 Å². The third kappa shape index (κ3) is 8.97. The van der Waals surface area contributed by atoms with Gasteiger partial charge in [-0.3, -0.25) is 9.79 Å². The minimum absolute atomic E-state index is 0. The molecule has 1 aromatic heterocycles. The summed E-state index contributed by atoms with van der Waals surface area (Å²) in [7, 11) is 1.74. The minimum Gasteiger partial charge on any atom is -0.490 e. The van der Waals surface area contributed by atoms with E-state index >= 15 is 0 Å². The predicted octanol–water partition coefficient (Wildman–Crippen LogP) is 3.53. The van der Waals surface area contributed by atoms with Crippen LogP contribution in [0.5, 0.6) is 11.5 Å². The minimum atomic E-state index is -0.188. The molecule has 0 saturated heterocycles. The molecule has 0 aliphatic carbocycles. The molecule has 0 fully saturated rings. The van der Waals surface area contributed by atoms with Gasteiger partial charge in [-0.25, -0.2) is 0 Å². The molecule has 0 bridgehead atoms. The number of aliphatic imine (C=N–C) groups is 1. The van der Waals surface area contributed by atoms with E-state index in [-0.39, 0.29) is 29.9 Å². The number of carbonyl (C=O) groups is 1. The summed E-state index contributed by atoms with van der Waals surface area (Å²) >= 11 is 0. The molecule has 0 aliphatic heterocycles. The Bertz CT molecular complexity index is 854. The fourth-order valence-electron chi connectivity index (χ4n) is 2.98. The fourth-order valence-corrected chi connectivity index (χ4v) is 2.98. The van der Waals surface area contributed by atoms with Crippen molar-refractivity contribution in [3.63, 3.8) is 0 Å². The van der Waals surface area contributed by atoms with Gasteiger partial charge in [-0.15, -0.1) is 24.0 Å². The Balaban J connectivity index is 0.00000512. The Labute approximate surface area is 207 Å². The van der Waals surface area contributed by atoms with Crippen molar-refractivity contribution in [2.24, 2.45) is 4.99 Å². The molecule has 0 atom stereocenters. The lowest BCUT2D eigenvalue weighted by molar-refractivity contribution is 0.0925. The van der Waals surface area contributed by atoms with Gasteiger partial charge < -0.3 is 29.8 Å². The Morgan fingerprint density at radius 1 is 1.00 bits per heavy atom. The first-order valence-electron chi connectivity index (χ1n) is 10.7. The molecule has 9 heteroatoms. The summed E-state index contributed by atoms with van der Waals surface area (Å²) in [5.74, 6) is 2.45. The van der Waals surface area contributed by atoms with E-state index in [0.717, 1.165) is 48.0 Å². The van der Waals surface area contributed by atoms with Crippen LogP contribution in [-0.2, 0) is 6.42 Å². The topological polar surface area (TPSA) is 97.1 Å². The number of rotatable bonds is 12. The normalized spacial score (nSPS) is 10.8. The number of hydrogen-bond donors (Lipinski definition) is 3. The van der Waals surface area contributed by atoms with Gasteiger partial charge >= 0.3 is 0 Å². The summed E-state index contributed by atoms with van der Waals surface area (Å²) in [4.78, 5) is 16.2. The van der Waals surface area contributed by atoms with Crippen molar-refractivity contribution in [2.75, 3.05) is 39.9 Å². The van der Waals surface area contributed by atoms with Gasteiger partial charge in [0, 0.05) is 32.2 Å². The van der Waals surface area contributed by atoms with Crippen LogP contribution in [0.2, 0.25) is 0 Å². The number of ether oxygens (including phenoxy) is 2. The first-order valence-corrected chi connectivity index (χ1v) is 10.7. The Hall–Kier alpha value is -2.43. The Morgan fingerprint density at radius 3 is 2.34 bits per heavy atom. The first-order chi connectivity index (χ1) is 15.1. The highest BCUT2D eigenvalue weighted by molar-refractivity contribution is 14.0. The van der Waals surface area contributed by atoms with E-state index in [4.69, 9.17) is 13.9 Å². The number of carbonyl (C=O) groups excluding carboxylic acids is 1. The zero-order valence-electron chi connectivity index (χ0n) is 19.3. The van der Waals surface area contributed by atoms with Crippen molar-refractivity contribution >= 4 is 35.8 Å². The smallest absolute Gasteiger partial charge is 0.287 e. The Kier molecular flexibility index (Phi) is 13.3. The molecular weight excluding hydrogens is 523 g/mol. The lowest BCUT2D eigenvalue weighted by atomic mass is 10.1. The second-order valence-electron chi connectivity index (χ2n) is 6.87. The van der Waals surface area contributed by atoms with Crippen molar-refractivity contribution in [3.05, 3.63) is 47.4 Å². The standard InChI is InChI=1S/C23H34N4O4.HI/c1-5-29-19-9-8-18(16-20(19)30-6-2)10-14-27-23(24-4)26-13-7-12-25-22(28)21-17(3)11-15-31-21;/h8-9,11,15-16H,5-7,10,12-14H2,1-4H3,(H,25,28)(H2,24,26,27);1H. The van der Waals surface area contributed by atoms with E-state index in [0.29, 0.717) is 32.1 Å². The summed E-state index contributed by atoms with van der Waals surface area (Å²) in [6, 6.07) is 7.80. The Morgan fingerprint density at radius 2 is 1.69 bits per heavy atom. The van der Waals surface area contributed by atoms with Crippen molar-refractivity contribution in [3.8, 4) is 11.5 Å².